The van der Waals surface area contributed by atoms with Crippen LogP contribution in [0.4, 0.5) is 4.39 Å². The molecule has 1 unspecified atom stereocenters. The number of carbonyl (C=O) groups is 1. The van der Waals surface area contributed by atoms with Gasteiger partial charge in [-0.1, -0.05) is 13.8 Å². The summed E-state index contributed by atoms with van der Waals surface area (Å²) in [6.45, 7) is 7.76. The number of aryl methyl sites for hydroxylation is 1. The zero-order valence-corrected chi connectivity index (χ0v) is 12.4. The highest BCUT2D eigenvalue weighted by molar-refractivity contribution is 5.94. The molecule has 1 aliphatic heterocycles. The number of piperidine rings is 1. The molecule has 2 N–H and O–H groups in total. The van der Waals surface area contributed by atoms with Gasteiger partial charge in [-0.3, -0.25) is 4.79 Å². The first kappa shape index (κ1) is 15.0. The van der Waals surface area contributed by atoms with Crippen LogP contribution in [0.25, 0.3) is 0 Å². The minimum absolute atomic E-state index is 0.170. The van der Waals surface area contributed by atoms with E-state index in [9.17, 15) is 9.18 Å². The van der Waals surface area contributed by atoms with E-state index < -0.39 is 0 Å². The molecule has 1 aromatic carbocycles. The van der Waals surface area contributed by atoms with Crippen LogP contribution in [0.5, 0.6) is 0 Å². The van der Waals surface area contributed by atoms with Gasteiger partial charge in [-0.05, 0) is 55.5 Å². The monoisotopic (exact) mass is 278 g/mol. The SMILES string of the molecule is Cc1cc(F)cc(C(=O)NCC2NCCCC2(C)C)c1. The third kappa shape index (κ3) is 3.57. The molecule has 0 aromatic heterocycles. The molecule has 0 bridgehead atoms. The van der Waals surface area contributed by atoms with Crippen LogP contribution < -0.4 is 10.6 Å². The molecule has 2 rings (SSSR count). The van der Waals surface area contributed by atoms with Crippen LogP contribution in [0.3, 0.4) is 0 Å². The van der Waals surface area contributed by atoms with Gasteiger partial charge < -0.3 is 10.6 Å². The number of hydrogen-bond donors (Lipinski definition) is 2. The van der Waals surface area contributed by atoms with Crippen LogP contribution >= 0.6 is 0 Å². The molecular weight excluding hydrogens is 255 g/mol. The van der Waals surface area contributed by atoms with E-state index in [0.717, 1.165) is 18.5 Å². The lowest BCUT2D eigenvalue weighted by atomic mass is 9.77. The standard InChI is InChI=1S/C16H23FN2O/c1-11-7-12(9-13(17)8-11)15(20)19-10-14-16(2,3)5-4-6-18-14/h7-9,14,18H,4-6,10H2,1-3H3,(H,19,20). The normalized spacial score (nSPS) is 21.5. The highest BCUT2D eigenvalue weighted by atomic mass is 19.1. The zero-order valence-electron chi connectivity index (χ0n) is 12.4. The Balaban J connectivity index is 1.98. The highest BCUT2D eigenvalue weighted by Crippen LogP contribution is 2.29. The quantitative estimate of drug-likeness (QED) is 0.892. The zero-order chi connectivity index (χ0) is 14.8. The molecule has 1 amide bonds. The van der Waals surface area contributed by atoms with Crippen molar-refractivity contribution in [2.45, 2.75) is 39.7 Å². The number of amides is 1. The number of hydrogen-bond acceptors (Lipinski definition) is 2. The third-order valence-corrected chi connectivity index (χ3v) is 4.10. The fraction of sp³-hybridized carbons (Fsp3) is 0.562. The largest absolute Gasteiger partial charge is 0.350 e. The molecule has 0 radical (unpaired) electrons. The molecule has 20 heavy (non-hydrogen) atoms. The van der Waals surface area contributed by atoms with Gasteiger partial charge in [0, 0.05) is 18.2 Å². The van der Waals surface area contributed by atoms with E-state index >= 15 is 0 Å². The summed E-state index contributed by atoms with van der Waals surface area (Å²) in [4.78, 5) is 12.1. The van der Waals surface area contributed by atoms with Crippen molar-refractivity contribution in [3.05, 3.63) is 35.1 Å². The lowest BCUT2D eigenvalue weighted by Gasteiger charge is -2.39. The van der Waals surface area contributed by atoms with Gasteiger partial charge in [-0.15, -0.1) is 0 Å². The number of halogens is 1. The number of rotatable bonds is 3. The van der Waals surface area contributed by atoms with Crippen LogP contribution in [0.1, 0.15) is 42.6 Å². The van der Waals surface area contributed by atoms with Gasteiger partial charge in [-0.2, -0.15) is 0 Å². The summed E-state index contributed by atoms with van der Waals surface area (Å²) < 4.78 is 13.3. The Hall–Kier alpha value is -1.42. The number of carbonyl (C=O) groups excluding carboxylic acids is 1. The van der Waals surface area contributed by atoms with Crippen molar-refractivity contribution in [2.24, 2.45) is 5.41 Å². The number of nitrogens with one attached hydrogen (secondary N) is 2. The van der Waals surface area contributed by atoms with Crippen molar-refractivity contribution in [1.29, 1.82) is 0 Å². The first-order valence-electron chi connectivity index (χ1n) is 7.17. The maximum absolute atomic E-state index is 13.3. The van der Waals surface area contributed by atoms with Crippen molar-refractivity contribution in [3.63, 3.8) is 0 Å². The fourth-order valence-corrected chi connectivity index (χ4v) is 2.78. The fourth-order valence-electron chi connectivity index (χ4n) is 2.78. The molecule has 0 saturated carbocycles. The van der Waals surface area contributed by atoms with Crippen molar-refractivity contribution in [2.75, 3.05) is 13.1 Å². The summed E-state index contributed by atoms with van der Waals surface area (Å²) in [6.07, 6.45) is 2.32. The second kappa shape index (κ2) is 5.92. The molecule has 1 aliphatic rings. The summed E-state index contributed by atoms with van der Waals surface area (Å²) in [5.74, 6) is -0.581. The molecule has 3 nitrogen and oxygen atoms in total. The second-order valence-electron chi connectivity index (χ2n) is 6.33. The molecule has 0 spiro atoms. The minimum atomic E-state index is -0.369. The Bertz CT molecular complexity index is 479. The predicted octanol–water partition coefficient (Wildman–Crippen LogP) is 2.64. The lowest BCUT2D eigenvalue weighted by molar-refractivity contribution is 0.0928. The minimum Gasteiger partial charge on any atom is -0.350 e. The van der Waals surface area contributed by atoms with E-state index in [4.69, 9.17) is 0 Å². The Labute approximate surface area is 120 Å². The Kier molecular flexibility index (Phi) is 4.43. The second-order valence-corrected chi connectivity index (χ2v) is 6.33. The first-order chi connectivity index (χ1) is 9.38. The predicted molar refractivity (Wildman–Crippen MR) is 78.3 cm³/mol. The first-order valence-corrected chi connectivity index (χ1v) is 7.17. The summed E-state index contributed by atoms with van der Waals surface area (Å²) in [5.41, 5.74) is 1.31. The van der Waals surface area contributed by atoms with Crippen LogP contribution in [0, 0.1) is 18.2 Å². The number of benzene rings is 1. The van der Waals surface area contributed by atoms with Crippen LogP contribution in [-0.2, 0) is 0 Å². The topological polar surface area (TPSA) is 41.1 Å². The van der Waals surface area contributed by atoms with E-state index in [1.807, 2.05) is 0 Å². The molecule has 4 heteroatoms. The summed E-state index contributed by atoms with van der Waals surface area (Å²) >= 11 is 0. The maximum Gasteiger partial charge on any atom is 0.251 e. The van der Waals surface area contributed by atoms with Crippen molar-refractivity contribution in [1.82, 2.24) is 10.6 Å². The Morgan fingerprint density at radius 3 is 2.85 bits per heavy atom. The van der Waals surface area contributed by atoms with Gasteiger partial charge in [-0.25, -0.2) is 4.39 Å². The molecule has 1 atom stereocenters. The average Bonchev–Trinajstić information content (AvgIpc) is 2.35. The van der Waals surface area contributed by atoms with Gasteiger partial charge in [0.05, 0.1) is 0 Å². The van der Waals surface area contributed by atoms with Crippen LogP contribution in [0.15, 0.2) is 18.2 Å². The van der Waals surface area contributed by atoms with Crippen molar-refractivity contribution < 1.29 is 9.18 Å². The third-order valence-electron chi connectivity index (χ3n) is 4.10. The van der Waals surface area contributed by atoms with Gasteiger partial charge in [0.1, 0.15) is 5.82 Å². The maximum atomic E-state index is 13.3. The molecule has 1 saturated heterocycles. The van der Waals surface area contributed by atoms with Crippen LogP contribution in [-0.4, -0.2) is 25.0 Å². The molecule has 0 aliphatic carbocycles. The van der Waals surface area contributed by atoms with Gasteiger partial charge in [0.15, 0.2) is 0 Å². The van der Waals surface area contributed by atoms with Gasteiger partial charge in [0.2, 0.25) is 0 Å². The molecule has 110 valence electrons. The van der Waals surface area contributed by atoms with E-state index in [0.29, 0.717) is 12.1 Å². The van der Waals surface area contributed by atoms with Gasteiger partial charge in [0.25, 0.3) is 5.91 Å². The van der Waals surface area contributed by atoms with Crippen molar-refractivity contribution in [3.8, 4) is 0 Å². The van der Waals surface area contributed by atoms with E-state index in [1.165, 1.54) is 18.6 Å². The Morgan fingerprint density at radius 2 is 2.20 bits per heavy atom. The molecule has 1 aromatic rings. The molecule has 1 fully saturated rings. The smallest absolute Gasteiger partial charge is 0.251 e. The van der Waals surface area contributed by atoms with Crippen LogP contribution in [0.2, 0.25) is 0 Å². The lowest BCUT2D eigenvalue weighted by Crippen LogP contribution is -2.52. The average molecular weight is 278 g/mol. The molecular formula is C16H23FN2O. The molecule has 1 heterocycles. The van der Waals surface area contributed by atoms with Crippen molar-refractivity contribution >= 4 is 5.91 Å². The summed E-state index contributed by atoms with van der Waals surface area (Å²) in [5, 5.41) is 6.36. The Morgan fingerprint density at radius 1 is 1.45 bits per heavy atom. The van der Waals surface area contributed by atoms with E-state index in [1.54, 1.807) is 13.0 Å². The summed E-state index contributed by atoms with van der Waals surface area (Å²) in [6, 6.07) is 4.66. The summed E-state index contributed by atoms with van der Waals surface area (Å²) in [7, 11) is 0. The van der Waals surface area contributed by atoms with Gasteiger partial charge >= 0.3 is 0 Å². The van der Waals surface area contributed by atoms with E-state index in [-0.39, 0.29) is 23.2 Å². The highest BCUT2D eigenvalue weighted by Gasteiger charge is 2.31. The van der Waals surface area contributed by atoms with E-state index in [2.05, 4.69) is 24.5 Å².